The summed E-state index contributed by atoms with van der Waals surface area (Å²) >= 11 is 0. The van der Waals surface area contributed by atoms with Gasteiger partial charge in [0.2, 0.25) is 0 Å². The lowest BCUT2D eigenvalue weighted by Crippen LogP contribution is -2.19. The molecule has 0 spiro atoms. The van der Waals surface area contributed by atoms with Crippen molar-refractivity contribution in [1.82, 2.24) is 0 Å². The number of hydrogen-bond donors (Lipinski definition) is 0. The Morgan fingerprint density at radius 2 is 0.881 bits per heavy atom. The second-order valence-corrected chi connectivity index (χ2v) is 16.2. The van der Waals surface area contributed by atoms with Crippen molar-refractivity contribution in [2.75, 3.05) is 9.80 Å². The average molecular weight is 761 g/mol. The van der Waals surface area contributed by atoms with Crippen LogP contribution in [0.3, 0.4) is 0 Å². The maximum absolute atomic E-state index is 6.55. The van der Waals surface area contributed by atoms with Gasteiger partial charge in [0, 0.05) is 45.2 Å². The molecule has 0 atom stereocenters. The van der Waals surface area contributed by atoms with Crippen molar-refractivity contribution in [1.29, 1.82) is 0 Å². The van der Waals surface area contributed by atoms with Crippen molar-refractivity contribution in [2.45, 2.75) is 26.2 Å². The van der Waals surface area contributed by atoms with Crippen LogP contribution < -0.4 is 9.80 Å². The van der Waals surface area contributed by atoms with E-state index in [1.807, 2.05) is 12.1 Å². The highest BCUT2D eigenvalue weighted by Crippen LogP contribution is 2.52. The van der Waals surface area contributed by atoms with Crippen LogP contribution in [0, 0.1) is 0 Å². The van der Waals surface area contributed by atoms with Gasteiger partial charge in [-0.3, -0.25) is 0 Å². The number of furan rings is 1. The lowest BCUT2D eigenvalue weighted by molar-refractivity contribution is 0.590. The molecule has 284 valence electrons. The number of rotatable bonds is 8. The van der Waals surface area contributed by atoms with Crippen LogP contribution in [0.25, 0.3) is 55.0 Å². The third-order valence-electron chi connectivity index (χ3n) is 11.3. The van der Waals surface area contributed by atoms with Crippen LogP contribution in [0.5, 0.6) is 0 Å². The Balaban J connectivity index is 1.33. The number of hydrogen-bond acceptors (Lipinski definition) is 3. The molecule has 9 aromatic carbocycles. The quantitative estimate of drug-likeness (QED) is 0.154. The fourth-order valence-corrected chi connectivity index (χ4v) is 8.36. The molecular weight excluding hydrogens is 717 g/mol. The van der Waals surface area contributed by atoms with E-state index in [9.17, 15) is 0 Å². The van der Waals surface area contributed by atoms with E-state index in [2.05, 4.69) is 231 Å². The SMILES string of the molecule is CC(C)(C)c1cc(N(c2ccccc2)c2ccc3ccccc3c2)c(-c2cccc(-c3ccccc3)c2)c(N(c2ccccc2)c2ccc3c(c2)oc2ccccc23)c1. The van der Waals surface area contributed by atoms with Gasteiger partial charge in [-0.15, -0.1) is 0 Å². The Labute approximate surface area is 346 Å². The summed E-state index contributed by atoms with van der Waals surface area (Å²) in [4.78, 5) is 4.86. The zero-order chi connectivity index (χ0) is 39.9. The normalized spacial score (nSPS) is 11.6. The van der Waals surface area contributed by atoms with E-state index in [1.54, 1.807) is 0 Å². The average Bonchev–Trinajstić information content (AvgIpc) is 3.65. The van der Waals surface area contributed by atoms with Gasteiger partial charge in [0.25, 0.3) is 0 Å². The maximum atomic E-state index is 6.55. The van der Waals surface area contributed by atoms with Crippen LogP contribution in [0.2, 0.25) is 0 Å². The monoisotopic (exact) mass is 760 g/mol. The first-order valence-corrected chi connectivity index (χ1v) is 20.3. The van der Waals surface area contributed by atoms with Crippen molar-refractivity contribution in [3.8, 4) is 22.3 Å². The third-order valence-corrected chi connectivity index (χ3v) is 11.3. The molecule has 0 aliphatic carbocycles. The van der Waals surface area contributed by atoms with Crippen LogP contribution in [0.15, 0.2) is 217 Å². The highest BCUT2D eigenvalue weighted by Gasteiger charge is 2.29. The predicted molar refractivity (Wildman–Crippen MR) is 250 cm³/mol. The summed E-state index contributed by atoms with van der Waals surface area (Å²) in [5, 5.41) is 4.62. The standard InChI is InChI=1S/C56H44N2O/c1-56(2,3)44-36-51(57(45-24-9-5-10-25-45)47-31-30-40-20-13-14-21-42(40)35-47)55(43-23-17-22-41(34-43)39-18-7-4-8-19-39)52(37-44)58(46-26-11-6-12-27-46)48-32-33-50-49-28-15-16-29-53(49)59-54(50)38-48/h4-38H,1-3H3. The lowest BCUT2D eigenvalue weighted by Gasteiger charge is -2.35. The summed E-state index contributed by atoms with van der Waals surface area (Å²) in [5.41, 5.74) is 13.7. The van der Waals surface area contributed by atoms with Crippen LogP contribution in [0.1, 0.15) is 26.3 Å². The summed E-state index contributed by atoms with van der Waals surface area (Å²) in [6, 6.07) is 76.4. The first-order valence-electron chi connectivity index (χ1n) is 20.3. The molecule has 0 bridgehead atoms. The van der Waals surface area contributed by atoms with Crippen LogP contribution in [0.4, 0.5) is 34.1 Å². The van der Waals surface area contributed by atoms with Gasteiger partial charge in [-0.05, 0) is 111 Å². The van der Waals surface area contributed by atoms with Crippen LogP contribution in [-0.2, 0) is 5.41 Å². The molecule has 10 rings (SSSR count). The number of nitrogens with zero attached hydrogens (tertiary/aromatic N) is 2. The molecule has 0 unspecified atom stereocenters. The van der Waals surface area contributed by atoms with E-state index in [0.717, 1.165) is 72.8 Å². The van der Waals surface area contributed by atoms with Crippen molar-refractivity contribution >= 4 is 66.8 Å². The van der Waals surface area contributed by atoms with Gasteiger partial charge >= 0.3 is 0 Å². The van der Waals surface area contributed by atoms with Gasteiger partial charge in [-0.25, -0.2) is 0 Å². The molecule has 3 heteroatoms. The Morgan fingerprint density at radius 1 is 0.356 bits per heavy atom. The summed E-state index contributed by atoms with van der Waals surface area (Å²) < 4.78 is 6.55. The van der Waals surface area contributed by atoms with E-state index in [1.165, 1.54) is 21.9 Å². The van der Waals surface area contributed by atoms with Gasteiger partial charge in [-0.1, -0.05) is 154 Å². The highest BCUT2D eigenvalue weighted by atomic mass is 16.3. The van der Waals surface area contributed by atoms with E-state index in [0.29, 0.717) is 0 Å². The maximum Gasteiger partial charge on any atom is 0.137 e. The van der Waals surface area contributed by atoms with Crippen molar-refractivity contribution in [3.05, 3.63) is 218 Å². The van der Waals surface area contributed by atoms with Crippen molar-refractivity contribution in [3.63, 3.8) is 0 Å². The first kappa shape index (κ1) is 36.0. The van der Waals surface area contributed by atoms with Crippen LogP contribution in [-0.4, -0.2) is 0 Å². The molecule has 1 aromatic heterocycles. The molecule has 0 saturated carbocycles. The van der Waals surface area contributed by atoms with E-state index < -0.39 is 0 Å². The molecule has 1 heterocycles. The Hall–Kier alpha value is -7.36. The molecule has 3 nitrogen and oxygen atoms in total. The predicted octanol–water partition coefficient (Wildman–Crippen LogP) is 16.3. The Morgan fingerprint density at radius 3 is 1.56 bits per heavy atom. The number of anilines is 6. The molecule has 0 saturated heterocycles. The van der Waals surface area contributed by atoms with Gasteiger partial charge < -0.3 is 14.2 Å². The topological polar surface area (TPSA) is 19.6 Å². The second kappa shape index (κ2) is 14.9. The molecule has 59 heavy (non-hydrogen) atoms. The molecule has 0 aliphatic rings. The van der Waals surface area contributed by atoms with Crippen LogP contribution >= 0.6 is 0 Å². The van der Waals surface area contributed by atoms with E-state index in [-0.39, 0.29) is 5.41 Å². The summed E-state index contributed by atoms with van der Waals surface area (Å²) in [5.74, 6) is 0. The minimum atomic E-state index is -0.190. The Kier molecular flexibility index (Phi) is 9.07. The van der Waals surface area contributed by atoms with Gasteiger partial charge in [0.15, 0.2) is 0 Å². The van der Waals surface area contributed by atoms with E-state index in [4.69, 9.17) is 4.42 Å². The van der Waals surface area contributed by atoms with Gasteiger partial charge in [0.1, 0.15) is 11.2 Å². The minimum absolute atomic E-state index is 0.190. The number of benzene rings is 9. The Bertz CT molecular complexity index is 3090. The van der Waals surface area contributed by atoms with Crippen molar-refractivity contribution < 1.29 is 4.42 Å². The summed E-state index contributed by atoms with van der Waals surface area (Å²) in [6.07, 6.45) is 0. The molecule has 0 amide bonds. The summed E-state index contributed by atoms with van der Waals surface area (Å²) in [6.45, 7) is 6.92. The lowest BCUT2D eigenvalue weighted by atomic mass is 9.83. The number of fused-ring (bicyclic) bond motifs is 4. The van der Waals surface area contributed by atoms with E-state index >= 15 is 0 Å². The fourth-order valence-electron chi connectivity index (χ4n) is 8.36. The van der Waals surface area contributed by atoms with Gasteiger partial charge in [-0.2, -0.15) is 0 Å². The zero-order valence-corrected chi connectivity index (χ0v) is 33.5. The molecule has 0 radical (unpaired) electrons. The third kappa shape index (κ3) is 6.81. The second-order valence-electron chi connectivity index (χ2n) is 16.2. The van der Waals surface area contributed by atoms with Gasteiger partial charge in [0.05, 0.1) is 11.4 Å². The molecule has 0 aliphatic heterocycles. The van der Waals surface area contributed by atoms with Crippen molar-refractivity contribution in [2.24, 2.45) is 0 Å². The smallest absolute Gasteiger partial charge is 0.137 e. The summed E-state index contributed by atoms with van der Waals surface area (Å²) in [7, 11) is 0. The largest absolute Gasteiger partial charge is 0.456 e. The zero-order valence-electron chi connectivity index (χ0n) is 33.5. The first-order chi connectivity index (χ1) is 28.9. The number of para-hydroxylation sites is 3. The fraction of sp³-hybridized carbons (Fsp3) is 0.0714. The highest BCUT2D eigenvalue weighted by molar-refractivity contribution is 6.07. The molecule has 0 fully saturated rings. The molecule has 10 aromatic rings. The molecule has 0 N–H and O–H groups in total. The molecular formula is C56H44N2O. The minimum Gasteiger partial charge on any atom is -0.456 e.